The molecule has 2 fully saturated rings. The second-order valence-electron chi connectivity index (χ2n) is 11.2. The third-order valence-corrected chi connectivity index (χ3v) is 7.71. The highest BCUT2D eigenvalue weighted by Gasteiger charge is 2.45. The van der Waals surface area contributed by atoms with Crippen molar-refractivity contribution in [2.24, 2.45) is 5.92 Å². The van der Waals surface area contributed by atoms with Crippen LogP contribution in [0.4, 0.5) is 0 Å². The van der Waals surface area contributed by atoms with Crippen molar-refractivity contribution in [1.29, 1.82) is 0 Å². The van der Waals surface area contributed by atoms with E-state index in [9.17, 15) is 19.2 Å². The highest BCUT2D eigenvalue weighted by Crippen LogP contribution is 2.26. The lowest BCUT2D eigenvalue weighted by Gasteiger charge is -2.40. The van der Waals surface area contributed by atoms with Crippen LogP contribution < -0.4 is 16.0 Å². The normalized spacial score (nSPS) is 20.4. The first-order chi connectivity index (χ1) is 19.7. The molecule has 10 heteroatoms. The van der Waals surface area contributed by atoms with Crippen molar-refractivity contribution >= 4 is 23.6 Å². The van der Waals surface area contributed by atoms with E-state index in [2.05, 4.69) is 16.0 Å². The number of carbonyl (C=O) groups excluding carboxylic acids is 4. The number of amides is 4. The smallest absolute Gasteiger partial charge is 0.262 e. The van der Waals surface area contributed by atoms with Gasteiger partial charge in [-0.1, -0.05) is 74.5 Å². The van der Waals surface area contributed by atoms with Crippen LogP contribution in [0.2, 0.25) is 0 Å². The minimum absolute atomic E-state index is 0.0445. The van der Waals surface area contributed by atoms with Gasteiger partial charge in [0, 0.05) is 26.1 Å². The largest absolute Gasteiger partial charge is 0.343 e. The van der Waals surface area contributed by atoms with E-state index in [-0.39, 0.29) is 48.6 Å². The van der Waals surface area contributed by atoms with Gasteiger partial charge in [-0.05, 0) is 37.4 Å². The van der Waals surface area contributed by atoms with Crippen LogP contribution in [0.1, 0.15) is 50.8 Å². The van der Waals surface area contributed by atoms with Crippen LogP contribution in [-0.2, 0) is 19.2 Å². The fourth-order valence-corrected chi connectivity index (χ4v) is 5.46. The first-order valence-corrected chi connectivity index (χ1v) is 14.4. The van der Waals surface area contributed by atoms with E-state index in [0.29, 0.717) is 26.1 Å². The van der Waals surface area contributed by atoms with E-state index in [0.717, 1.165) is 11.1 Å². The monoisotopic (exact) mass is 562 g/mol. The first kappa shape index (κ1) is 30.2. The van der Waals surface area contributed by atoms with Crippen molar-refractivity contribution in [1.82, 2.24) is 30.9 Å². The van der Waals surface area contributed by atoms with Gasteiger partial charge in [0.15, 0.2) is 0 Å². The van der Waals surface area contributed by atoms with Crippen molar-refractivity contribution in [3.63, 3.8) is 0 Å². The molecule has 0 saturated carbocycles. The summed E-state index contributed by atoms with van der Waals surface area (Å²) < 4.78 is 0. The molecule has 4 rings (SSSR count). The van der Waals surface area contributed by atoms with Gasteiger partial charge in [-0.25, -0.2) is 5.01 Å². The number of hydrogen-bond acceptors (Lipinski definition) is 6. The van der Waals surface area contributed by atoms with Gasteiger partial charge in [-0.2, -0.15) is 0 Å². The number of hydrogen-bond donors (Lipinski definition) is 3. The molecule has 3 unspecified atom stereocenters. The lowest BCUT2D eigenvalue weighted by Crippen LogP contribution is -2.64. The zero-order valence-corrected chi connectivity index (χ0v) is 24.4. The minimum atomic E-state index is -0.968. The van der Waals surface area contributed by atoms with Crippen molar-refractivity contribution in [2.75, 3.05) is 33.2 Å². The third kappa shape index (κ3) is 7.31. The van der Waals surface area contributed by atoms with Crippen LogP contribution in [-0.4, -0.2) is 89.9 Å². The summed E-state index contributed by atoms with van der Waals surface area (Å²) in [5, 5.41) is 12.4. The Kier molecular flexibility index (Phi) is 10.1. The minimum Gasteiger partial charge on any atom is -0.343 e. The molecule has 2 saturated heterocycles. The molecule has 2 aliphatic heterocycles. The Hall–Kier alpha value is -3.76. The van der Waals surface area contributed by atoms with Crippen LogP contribution in [0, 0.1) is 5.92 Å². The molecule has 0 radical (unpaired) electrons. The molecular formula is C31H42N6O4. The molecule has 2 aromatic carbocycles. The highest BCUT2D eigenvalue weighted by molar-refractivity contribution is 5.93. The van der Waals surface area contributed by atoms with E-state index in [1.807, 2.05) is 79.5 Å². The predicted molar refractivity (Wildman–Crippen MR) is 156 cm³/mol. The van der Waals surface area contributed by atoms with E-state index in [1.54, 1.807) is 18.9 Å². The number of benzene rings is 2. The fraction of sp³-hybridized carbons (Fsp3) is 0.484. The Morgan fingerprint density at radius 3 is 2.07 bits per heavy atom. The number of fused-ring (bicyclic) bond motifs is 1. The molecule has 2 heterocycles. The van der Waals surface area contributed by atoms with Gasteiger partial charge < -0.3 is 20.9 Å². The van der Waals surface area contributed by atoms with E-state index in [4.69, 9.17) is 0 Å². The third-order valence-electron chi connectivity index (χ3n) is 7.71. The van der Waals surface area contributed by atoms with Crippen LogP contribution in [0.3, 0.4) is 0 Å². The summed E-state index contributed by atoms with van der Waals surface area (Å²) >= 11 is 0. The Morgan fingerprint density at radius 2 is 1.51 bits per heavy atom. The van der Waals surface area contributed by atoms with Gasteiger partial charge in [0.2, 0.25) is 17.7 Å². The Morgan fingerprint density at radius 1 is 0.902 bits per heavy atom. The average molecular weight is 563 g/mol. The summed E-state index contributed by atoms with van der Waals surface area (Å²) in [7, 11) is 1.71. The van der Waals surface area contributed by atoms with E-state index < -0.39 is 18.1 Å². The fourth-order valence-electron chi connectivity index (χ4n) is 5.46. The molecule has 10 nitrogen and oxygen atoms in total. The summed E-state index contributed by atoms with van der Waals surface area (Å²) in [4.78, 5) is 55.5. The standard InChI is InChI=1S/C31H42N6O4/c1-21(2)19-27(38)33-25-20-35(30(40)22(3)32-4)17-18-36-16-15-26(37(36)31(25)41)29(39)34-28(23-11-7-5-8-12-23)24-13-9-6-10-14-24/h5-14,21-22,25-26,28,32H,15-20H2,1-4H3,(H,33,38)(H,34,39). The topological polar surface area (TPSA) is 114 Å². The average Bonchev–Trinajstić information content (AvgIpc) is 3.39. The number of hydrazine groups is 1. The lowest BCUT2D eigenvalue weighted by atomic mass is 9.98. The molecule has 0 aromatic heterocycles. The van der Waals surface area contributed by atoms with Gasteiger partial charge in [0.05, 0.1) is 18.6 Å². The summed E-state index contributed by atoms with van der Waals surface area (Å²) in [6.07, 6.45) is 0.704. The molecule has 2 aliphatic rings. The molecule has 220 valence electrons. The summed E-state index contributed by atoms with van der Waals surface area (Å²) in [6.45, 7) is 6.95. The highest BCUT2D eigenvalue weighted by atomic mass is 16.2. The maximum absolute atomic E-state index is 14.1. The van der Waals surface area contributed by atoms with Crippen molar-refractivity contribution in [2.45, 2.75) is 57.8 Å². The number of nitrogens with one attached hydrogen (secondary N) is 3. The maximum Gasteiger partial charge on any atom is 0.262 e. The van der Waals surface area contributed by atoms with Crippen LogP contribution in [0.5, 0.6) is 0 Å². The zero-order valence-electron chi connectivity index (χ0n) is 24.4. The molecule has 41 heavy (non-hydrogen) atoms. The molecule has 4 amide bonds. The Labute approximate surface area is 242 Å². The second-order valence-corrected chi connectivity index (χ2v) is 11.2. The molecule has 3 N–H and O–H groups in total. The lowest BCUT2D eigenvalue weighted by molar-refractivity contribution is -0.160. The maximum atomic E-state index is 14.1. The summed E-state index contributed by atoms with van der Waals surface area (Å²) in [5.41, 5.74) is 1.88. The zero-order chi connectivity index (χ0) is 29.5. The second kappa shape index (κ2) is 13.7. The van der Waals surface area contributed by atoms with E-state index >= 15 is 0 Å². The Bertz CT molecular complexity index is 1170. The van der Waals surface area contributed by atoms with Crippen molar-refractivity contribution in [3.8, 4) is 0 Å². The quantitative estimate of drug-likeness (QED) is 0.429. The number of rotatable bonds is 9. The van der Waals surface area contributed by atoms with Gasteiger partial charge in [0.25, 0.3) is 5.91 Å². The molecule has 3 atom stereocenters. The number of carbonyl (C=O) groups is 4. The van der Waals surface area contributed by atoms with Crippen LogP contribution in [0.25, 0.3) is 0 Å². The van der Waals surface area contributed by atoms with Crippen LogP contribution in [0.15, 0.2) is 60.7 Å². The summed E-state index contributed by atoms with van der Waals surface area (Å²) in [6, 6.07) is 17.0. The SMILES string of the molecule is CNC(C)C(=O)N1CCN2CCC(C(=O)NC(c3ccccc3)c3ccccc3)N2C(=O)C(NC(=O)CC(C)C)C1. The van der Waals surface area contributed by atoms with Gasteiger partial charge in [0.1, 0.15) is 12.1 Å². The van der Waals surface area contributed by atoms with Crippen molar-refractivity contribution < 1.29 is 19.2 Å². The van der Waals surface area contributed by atoms with Crippen molar-refractivity contribution in [3.05, 3.63) is 71.8 Å². The predicted octanol–water partition coefficient (Wildman–Crippen LogP) is 1.69. The Balaban J connectivity index is 1.60. The number of likely N-dealkylation sites (N-methyl/N-ethyl adjacent to an activating group) is 1. The van der Waals surface area contributed by atoms with Gasteiger partial charge in [-0.3, -0.25) is 24.2 Å². The number of nitrogens with zero attached hydrogens (tertiary/aromatic N) is 3. The molecule has 0 aliphatic carbocycles. The van der Waals surface area contributed by atoms with Gasteiger partial charge in [-0.15, -0.1) is 0 Å². The molecule has 2 aromatic rings. The first-order valence-electron chi connectivity index (χ1n) is 14.4. The molecule has 0 spiro atoms. The van der Waals surface area contributed by atoms with Gasteiger partial charge >= 0.3 is 0 Å². The molecular weight excluding hydrogens is 520 g/mol. The van der Waals surface area contributed by atoms with E-state index in [1.165, 1.54) is 5.01 Å². The molecule has 0 bridgehead atoms. The van der Waals surface area contributed by atoms with Crippen LogP contribution >= 0.6 is 0 Å². The summed E-state index contributed by atoms with van der Waals surface area (Å²) in [5.74, 6) is -0.934.